The van der Waals surface area contributed by atoms with Crippen molar-refractivity contribution in [1.82, 2.24) is 9.55 Å². The first-order valence-corrected chi connectivity index (χ1v) is 10.8. The molecule has 1 saturated carbocycles. The van der Waals surface area contributed by atoms with Crippen molar-refractivity contribution in [2.75, 3.05) is 23.7 Å². The van der Waals surface area contributed by atoms with E-state index < -0.39 is 0 Å². The van der Waals surface area contributed by atoms with Crippen LogP contribution >= 0.6 is 23.2 Å². The number of aromatic nitrogens is 2. The Morgan fingerprint density at radius 3 is 2.31 bits per heavy atom. The third kappa shape index (κ3) is 3.51. The lowest BCUT2D eigenvalue weighted by Crippen LogP contribution is -2.49. The molecule has 156 valence electrons. The normalized spacial score (nSPS) is 23.7. The van der Waals surface area contributed by atoms with Crippen molar-refractivity contribution in [3.05, 3.63) is 38.6 Å². The van der Waals surface area contributed by atoms with Gasteiger partial charge in [-0.1, -0.05) is 30.1 Å². The lowest BCUT2D eigenvalue weighted by molar-refractivity contribution is 0.185. The van der Waals surface area contributed by atoms with E-state index in [1.54, 1.807) is 29.8 Å². The average Bonchev–Trinajstić information content (AvgIpc) is 2.94. The van der Waals surface area contributed by atoms with E-state index in [0.29, 0.717) is 33.0 Å². The fourth-order valence-corrected chi connectivity index (χ4v) is 5.59. The first-order valence-electron chi connectivity index (χ1n) is 10.1. The second-order valence-electron chi connectivity index (χ2n) is 8.59. The van der Waals surface area contributed by atoms with Gasteiger partial charge in [0.1, 0.15) is 5.82 Å². The summed E-state index contributed by atoms with van der Waals surface area (Å²) in [5.41, 5.74) is 13.7. The molecule has 0 radical (unpaired) electrons. The van der Waals surface area contributed by atoms with Crippen LogP contribution in [0, 0.1) is 11.3 Å². The van der Waals surface area contributed by atoms with Crippen molar-refractivity contribution in [1.29, 1.82) is 0 Å². The summed E-state index contributed by atoms with van der Waals surface area (Å²) in [5, 5.41) is 0.892. The lowest BCUT2D eigenvalue weighted by atomic mass is 9.73. The highest BCUT2D eigenvalue weighted by molar-refractivity contribution is 6.35. The quantitative estimate of drug-likeness (QED) is 0.750. The van der Waals surface area contributed by atoms with Gasteiger partial charge in [-0.2, -0.15) is 4.98 Å². The average molecular weight is 436 g/mol. The van der Waals surface area contributed by atoms with Crippen LogP contribution in [0.25, 0.3) is 11.1 Å². The van der Waals surface area contributed by atoms with Crippen LogP contribution in [0.5, 0.6) is 0 Å². The number of nitrogens with zero attached hydrogens (tertiary/aromatic N) is 3. The molecule has 8 heteroatoms. The van der Waals surface area contributed by atoms with E-state index >= 15 is 0 Å². The standard InChI is InChI=1S/C21H27Cl2N5O/c1-12-3-4-21(17(12)24)5-7-28(8-6-21)20-26-18(25)16(19(29)27(20)2)13-9-14(22)11-15(23)10-13/h9-12,17H,3-8,24-25H2,1-2H3/t12-,17-/m1/s1. The number of halogens is 2. The van der Waals surface area contributed by atoms with Gasteiger partial charge in [0.05, 0.1) is 5.56 Å². The Kier molecular flexibility index (Phi) is 5.30. The molecule has 0 bridgehead atoms. The summed E-state index contributed by atoms with van der Waals surface area (Å²) in [6.45, 7) is 3.89. The number of piperidine rings is 1. The molecule has 2 heterocycles. The van der Waals surface area contributed by atoms with Crippen molar-refractivity contribution in [2.45, 2.75) is 38.6 Å². The smallest absolute Gasteiger partial charge is 0.264 e. The maximum atomic E-state index is 13.1. The van der Waals surface area contributed by atoms with E-state index in [0.717, 1.165) is 25.9 Å². The molecule has 4 rings (SSSR count). The molecule has 4 N–H and O–H groups in total. The third-order valence-electron chi connectivity index (χ3n) is 6.91. The van der Waals surface area contributed by atoms with Crippen molar-refractivity contribution in [2.24, 2.45) is 24.1 Å². The number of hydrogen-bond donors (Lipinski definition) is 2. The maximum Gasteiger partial charge on any atom is 0.264 e. The molecule has 1 aliphatic carbocycles. The monoisotopic (exact) mass is 435 g/mol. The molecule has 2 fully saturated rings. The van der Waals surface area contributed by atoms with Gasteiger partial charge in [-0.3, -0.25) is 9.36 Å². The lowest BCUT2D eigenvalue weighted by Gasteiger charge is -2.43. The zero-order chi connectivity index (χ0) is 20.9. The summed E-state index contributed by atoms with van der Waals surface area (Å²) in [7, 11) is 1.73. The number of nitrogens with two attached hydrogens (primary N) is 2. The van der Waals surface area contributed by atoms with Gasteiger partial charge >= 0.3 is 0 Å². The maximum absolute atomic E-state index is 13.1. The molecule has 2 aromatic rings. The molecule has 2 atom stereocenters. The van der Waals surface area contributed by atoms with Crippen molar-refractivity contribution >= 4 is 35.0 Å². The molecule has 0 amide bonds. The fraction of sp³-hybridized carbons (Fsp3) is 0.524. The zero-order valence-electron chi connectivity index (χ0n) is 16.8. The van der Waals surface area contributed by atoms with Crippen LogP contribution in [-0.4, -0.2) is 28.7 Å². The number of rotatable bonds is 2. The molecule has 1 spiro atoms. The minimum Gasteiger partial charge on any atom is -0.383 e. The molecule has 1 aliphatic heterocycles. The molecule has 2 aliphatic rings. The minimum atomic E-state index is -0.211. The first kappa shape index (κ1) is 20.5. The summed E-state index contributed by atoms with van der Waals surface area (Å²) in [6.07, 6.45) is 4.41. The molecular weight excluding hydrogens is 409 g/mol. The number of benzene rings is 1. The molecule has 0 unspecified atom stereocenters. The predicted octanol–water partition coefficient (Wildman–Crippen LogP) is 3.68. The summed E-state index contributed by atoms with van der Waals surface area (Å²) in [5.74, 6) is 1.36. The Bertz CT molecular complexity index is 977. The fourth-order valence-electron chi connectivity index (χ4n) is 5.06. The number of nitrogen functional groups attached to an aromatic ring is 1. The summed E-state index contributed by atoms with van der Waals surface area (Å²) in [4.78, 5) is 19.9. The Hall–Kier alpha value is -1.76. The third-order valence-corrected chi connectivity index (χ3v) is 7.34. The van der Waals surface area contributed by atoms with Gasteiger partial charge in [0.25, 0.3) is 5.56 Å². The van der Waals surface area contributed by atoms with E-state index in [9.17, 15) is 4.79 Å². The Morgan fingerprint density at radius 2 is 1.76 bits per heavy atom. The van der Waals surface area contributed by atoms with Crippen LogP contribution in [0.15, 0.2) is 23.0 Å². The molecule has 6 nitrogen and oxygen atoms in total. The minimum absolute atomic E-state index is 0.188. The van der Waals surface area contributed by atoms with Gasteiger partial charge in [0, 0.05) is 36.2 Å². The van der Waals surface area contributed by atoms with Gasteiger partial charge in [-0.15, -0.1) is 0 Å². The number of anilines is 2. The van der Waals surface area contributed by atoms with Crippen LogP contribution in [0.2, 0.25) is 10.0 Å². The molecule has 1 aromatic heterocycles. The first-order chi connectivity index (χ1) is 13.7. The SMILES string of the molecule is C[C@@H]1CCC2(CCN(c3nc(N)c(-c4cc(Cl)cc(Cl)c4)c(=O)n3C)CC2)[C@@H]1N. The topological polar surface area (TPSA) is 90.2 Å². The van der Waals surface area contributed by atoms with Crippen LogP contribution < -0.4 is 21.9 Å². The highest BCUT2D eigenvalue weighted by Crippen LogP contribution is 2.48. The molecule has 29 heavy (non-hydrogen) atoms. The largest absolute Gasteiger partial charge is 0.383 e. The summed E-state index contributed by atoms with van der Waals surface area (Å²) < 4.78 is 1.57. The van der Waals surface area contributed by atoms with Crippen LogP contribution in [-0.2, 0) is 7.05 Å². The van der Waals surface area contributed by atoms with E-state index in [-0.39, 0.29) is 22.8 Å². The van der Waals surface area contributed by atoms with Gasteiger partial charge in [0.2, 0.25) is 5.95 Å². The van der Waals surface area contributed by atoms with Gasteiger partial charge in [0.15, 0.2) is 0 Å². The summed E-state index contributed by atoms with van der Waals surface area (Å²) in [6, 6.07) is 5.22. The van der Waals surface area contributed by atoms with E-state index in [2.05, 4.69) is 16.8 Å². The van der Waals surface area contributed by atoms with Gasteiger partial charge in [-0.25, -0.2) is 0 Å². The van der Waals surface area contributed by atoms with E-state index in [1.165, 1.54) is 12.8 Å². The van der Waals surface area contributed by atoms with Crippen LogP contribution in [0.4, 0.5) is 11.8 Å². The zero-order valence-corrected chi connectivity index (χ0v) is 18.3. The van der Waals surface area contributed by atoms with E-state index in [1.807, 2.05) is 0 Å². The number of hydrogen-bond acceptors (Lipinski definition) is 5. The summed E-state index contributed by atoms with van der Waals surface area (Å²) >= 11 is 12.2. The van der Waals surface area contributed by atoms with Crippen molar-refractivity contribution < 1.29 is 0 Å². The second-order valence-corrected chi connectivity index (χ2v) is 9.46. The van der Waals surface area contributed by atoms with Crippen molar-refractivity contribution in [3.63, 3.8) is 0 Å². The highest BCUT2D eigenvalue weighted by Gasteiger charge is 2.46. The highest BCUT2D eigenvalue weighted by atomic mass is 35.5. The molecule has 1 aromatic carbocycles. The Morgan fingerprint density at radius 1 is 1.14 bits per heavy atom. The van der Waals surface area contributed by atoms with Gasteiger partial charge in [-0.05, 0) is 60.8 Å². The van der Waals surface area contributed by atoms with Crippen LogP contribution in [0.1, 0.15) is 32.6 Å². The molecular formula is C21H27Cl2N5O. The Balaban J connectivity index is 1.64. The van der Waals surface area contributed by atoms with Crippen molar-refractivity contribution in [3.8, 4) is 11.1 Å². The molecule has 1 saturated heterocycles. The van der Waals surface area contributed by atoms with Crippen LogP contribution in [0.3, 0.4) is 0 Å². The predicted molar refractivity (Wildman–Crippen MR) is 120 cm³/mol. The Labute approximate surface area is 180 Å². The van der Waals surface area contributed by atoms with E-state index in [4.69, 9.17) is 34.7 Å². The second kappa shape index (κ2) is 7.49. The van der Waals surface area contributed by atoms with Gasteiger partial charge < -0.3 is 16.4 Å².